The smallest absolute Gasteiger partial charge is 0.258 e. The fourth-order valence-electron chi connectivity index (χ4n) is 10.4. The number of aliphatic hydroxyl groups excluding tert-OH is 1. The van der Waals surface area contributed by atoms with Crippen molar-refractivity contribution in [2.45, 2.75) is 133 Å². The Morgan fingerprint density at radius 1 is 1.01 bits per heavy atom. The molecule has 5 N–H and O–H groups in total. The average Bonchev–Trinajstić information content (AvgIpc) is 3.94. The lowest BCUT2D eigenvalue weighted by Crippen LogP contribution is -2.61. The topological polar surface area (TPSA) is 208 Å². The molecule has 0 spiro atoms. The number of nitrogens with zero attached hydrogens (tertiary/aromatic N) is 5. The van der Waals surface area contributed by atoms with Crippen molar-refractivity contribution in [3.05, 3.63) is 76.0 Å². The number of rotatable bonds is 20. The first-order chi connectivity index (χ1) is 35.4. The number of alkyl halides is 1. The molecule has 4 aliphatic rings. The number of hydrogen-bond acceptors (Lipinski definition) is 14. The zero-order valence-electron chi connectivity index (χ0n) is 42.9. The number of methoxy groups -OCH3 is 1. The number of carbonyl (C=O) groups excluding carboxylic acids is 5. The van der Waals surface area contributed by atoms with Crippen molar-refractivity contribution < 1.29 is 38.2 Å². The van der Waals surface area contributed by atoms with Gasteiger partial charge in [0.2, 0.25) is 17.8 Å². The third-order valence-electron chi connectivity index (χ3n) is 15.2. The second-order valence-corrected chi connectivity index (χ2v) is 23.8. The van der Waals surface area contributed by atoms with E-state index in [-0.39, 0.29) is 50.1 Å². The number of aliphatic hydroxyl groups is 1. The van der Waals surface area contributed by atoms with E-state index in [0.29, 0.717) is 70.8 Å². The highest BCUT2D eigenvalue weighted by Gasteiger charge is 2.54. The highest BCUT2D eigenvalue weighted by Crippen LogP contribution is 2.42. The van der Waals surface area contributed by atoms with Gasteiger partial charge in [0, 0.05) is 62.3 Å². The second kappa shape index (κ2) is 24.1. The Bertz CT molecular complexity index is 2660. The number of ether oxygens (including phenoxy) is 1. The minimum Gasteiger partial charge on any atom is -0.495 e. The maximum absolute atomic E-state index is 15.2. The molecule has 4 amide bonds. The van der Waals surface area contributed by atoms with Crippen molar-refractivity contribution in [1.29, 1.82) is 0 Å². The Balaban J connectivity index is 0.796. The molecule has 2 saturated heterocycles. The van der Waals surface area contributed by atoms with Gasteiger partial charge in [0.25, 0.3) is 11.8 Å². The highest BCUT2D eigenvalue weighted by atomic mass is 35.5. The molecule has 8 rings (SSSR count). The fourth-order valence-corrected chi connectivity index (χ4v) is 12.7. The van der Waals surface area contributed by atoms with Gasteiger partial charge < -0.3 is 40.9 Å². The second-order valence-electron chi connectivity index (χ2n) is 20.9. The van der Waals surface area contributed by atoms with E-state index in [0.717, 1.165) is 73.1 Å². The van der Waals surface area contributed by atoms with Crippen LogP contribution in [0.25, 0.3) is 10.4 Å². The summed E-state index contributed by atoms with van der Waals surface area (Å²) >= 11 is 9.24. The molecular weight excluding hydrogens is 1010 g/mol. The number of thioether (sulfide) groups is 1. The zero-order valence-corrected chi connectivity index (χ0v) is 45.3. The van der Waals surface area contributed by atoms with Crippen LogP contribution in [0.4, 0.5) is 21.8 Å². The van der Waals surface area contributed by atoms with Crippen LogP contribution in [0, 0.1) is 24.7 Å². The number of thiazole rings is 1. The number of amides is 4. The van der Waals surface area contributed by atoms with E-state index in [1.54, 1.807) is 49.2 Å². The van der Waals surface area contributed by atoms with E-state index in [1.165, 1.54) is 22.9 Å². The van der Waals surface area contributed by atoms with E-state index in [2.05, 4.69) is 36.2 Å². The number of carbonyl (C=O) groups is 5. The summed E-state index contributed by atoms with van der Waals surface area (Å²) in [5.74, 6) is 1.01. The molecule has 4 atom stereocenters. The van der Waals surface area contributed by atoms with Gasteiger partial charge in [0.1, 0.15) is 34.5 Å². The van der Waals surface area contributed by atoms with E-state index in [4.69, 9.17) is 16.3 Å². The van der Waals surface area contributed by atoms with Gasteiger partial charge in [0.15, 0.2) is 5.67 Å². The molecule has 16 nitrogen and oxygen atoms in total. The minimum absolute atomic E-state index is 0.0119. The predicted octanol–water partition coefficient (Wildman–Crippen LogP) is 8.53. The molecule has 0 bridgehead atoms. The van der Waals surface area contributed by atoms with Gasteiger partial charge in [-0.25, -0.2) is 14.4 Å². The van der Waals surface area contributed by atoms with Crippen LogP contribution in [0.1, 0.15) is 113 Å². The van der Waals surface area contributed by atoms with Gasteiger partial charge >= 0.3 is 0 Å². The Labute approximate surface area is 446 Å². The van der Waals surface area contributed by atoms with Crippen molar-refractivity contribution in [3.8, 4) is 16.2 Å². The summed E-state index contributed by atoms with van der Waals surface area (Å²) in [7, 11) is 3.26. The van der Waals surface area contributed by atoms with Gasteiger partial charge in [-0.3, -0.25) is 24.0 Å². The van der Waals surface area contributed by atoms with Gasteiger partial charge in [-0.2, -0.15) is 16.7 Å². The molecule has 2 saturated carbocycles. The van der Waals surface area contributed by atoms with E-state index >= 15 is 4.39 Å². The fraction of sp³-hybridized carbons (Fsp3) is 0.556. The molecule has 0 radical (unpaired) electrons. The number of nitrogens with one attached hydrogen (secondary N) is 4. The Hall–Kier alpha value is -5.37. The molecule has 2 aromatic carbocycles. The number of Topliss-reactive ketones (excluding diaryl/α,β-unsaturated/α-hetero) is 1. The summed E-state index contributed by atoms with van der Waals surface area (Å²) in [5, 5.41) is 23.0. The normalized spacial score (nSPS) is 22.0. The van der Waals surface area contributed by atoms with Gasteiger partial charge in [-0.15, -0.1) is 11.3 Å². The monoisotopic (exact) mass is 1070 g/mol. The SMILES string of the molecule is CNc1nc(Nc2ccc(C(=O)N3CCCC(CCC(=O)C4CCC(CSC(C)(C)[C@H](NC(=O)C5(F)CC5)C(=O)N5C[C@H](O)CC5C(=O)NCc5ccc(-c6scnc6C)cc5)CC4)CC3)cc2OC)ncc1Cl. The first-order valence-electron chi connectivity index (χ1n) is 25.8. The van der Waals surface area contributed by atoms with Crippen molar-refractivity contribution >= 4 is 81.6 Å². The van der Waals surface area contributed by atoms with E-state index in [9.17, 15) is 29.1 Å². The zero-order chi connectivity index (χ0) is 52.7. The summed E-state index contributed by atoms with van der Waals surface area (Å²) in [5.41, 5.74) is 3.75. The Morgan fingerprint density at radius 2 is 1.77 bits per heavy atom. The number of aryl methyl sites for hydroxylation is 1. The summed E-state index contributed by atoms with van der Waals surface area (Å²) in [6, 6.07) is 11.0. The molecule has 74 heavy (non-hydrogen) atoms. The molecular formula is C54H69ClFN9O7S2. The molecule has 2 aromatic heterocycles. The number of halogens is 2. The maximum Gasteiger partial charge on any atom is 0.258 e. The van der Waals surface area contributed by atoms with Crippen molar-refractivity contribution in [2.24, 2.45) is 17.8 Å². The number of ketones is 1. The number of aromatic nitrogens is 3. The number of benzene rings is 2. The Kier molecular flexibility index (Phi) is 17.9. The molecule has 398 valence electrons. The average molecular weight is 1070 g/mol. The van der Waals surface area contributed by atoms with Crippen molar-refractivity contribution in [3.63, 3.8) is 0 Å². The van der Waals surface area contributed by atoms with Crippen LogP contribution in [-0.4, -0.2) is 127 Å². The van der Waals surface area contributed by atoms with Gasteiger partial charge in [-0.1, -0.05) is 35.9 Å². The lowest BCUT2D eigenvalue weighted by molar-refractivity contribution is -0.143. The lowest BCUT2D eigenvalue weighted by Gasteiger charge is -2.38. The van der Waals surface area contributed by atoms with Crippen LogP contribution < -0.4 is 26.0 Å². The van der Waals surface area contributed by atoms with Gasteiger partial charge in [0.05, 0.1) is 41.2 Å². The molecule has 4 aromatic rings. The number of β-amino-alcohol motifs (C(OH)–C–C–N with tert-alkyl or cyclic N) is 1. The maximum atomic E-state index is 15.2. The number of hydrogen-bond donors (Lipinski definition) is 5. The van der Waals surface area contributed by atoms with Crippen LogP contribution in [-0.2, 0) is 25.7 Å². The quantitative estimate of drug-likeness (QED) is 0.0563. The predicted molar refractivity (Wildman–Crippen MR) is 288 cm³/mol. The summed E-state index contributed by atoms with van der Waals surface area (Å²) in [6.45, 7) is 7.06. The first-order valence-corrected chi connectivity index (χ1v) is 28.1. The van der Waals surface area contributed by atoms with Crippen molar-refractivity contribution in [2.75, 3.05) is 50.2 Å². The first kappa shape index (κ1) is 54.9. The standard InChI is InChI=1S/C54H69ClFN9O7S2/c1-32-45(73-31-60-32)37-15-8-34(9-16-37)27-58-48(68)42-26-39(66)29-65(42)50(70)46(62-51(71)54(56)21-22-54)53(2,3)74-30-35-10-13-36(14-11-35)43(67)19-12-33-7-6-23-64(24-20-33)49(69)38-17-18-41(44(25-38)72-5)61-52-59-28-40(55)47(57-4)63-52/h8-9,15-18,25,28,31,33,35-36,39,42,46,66H,6-7,10-14,19-24,26-27,29-30H2,1-5H3,(H,58,68)(H,62,71)(H2,57,59,61,63)/t33?,35?,36?,39-,42?,46-/m1/s1. The number of anilines is 3. The summed E-state index contributed by atoms with van der Waals surface area (Å²) in [6.07, 6.45) is 7.95. The molecule has 4 heterocycles. The largest absolute Gasteiger partial charge is 0.495 e. The lowest BCUT2D eigenvalue weighted by atomic mass is 9.79. The van der Waals surface area contributed by atoms with E-state index in [1.807, 2.05) is 49.9 Å². The molecule has 2 aliphatic carbocycles. The van der Waals surface area contributed by atoms with Crippen LogP contribution >= 0.6 is 34.7 Å². The molecule has 4 fully saturated rings. The van der Waals surface area contributed by atoms with Crippen LogP contribution in [0.15, 0.2) is 54.2 Å². The van der Waals surface area contributed by atoms with Crippen LogP contribution in [0.3, 0.4) is 0 Å². The van der Waals surface area contributed by atoms with Crippen molar-refractivity contribution in [1.82, 2.24) is 35.4 Å². The van der Waals surface area contributed by atoms with Gasteiger partial charge in [-0.05, 0) is 132 Å². The minimum atomic E-state index is -2.02. The molecule has 20 heteroatoms. The third kappa shape index (κ3) is 13.3. The third-order valence-corrected chi connectivity index (χ3v) is 18.1. The van der Waals surface area contributed by atoms with Crippen LogP contribution in [0.5, 0.6) is 5.75 Å². The summed E-state index contributed by atoms with van der Waals surface area (Å²) < 4.78 is 19.9. The molecule has 2 unspecified atom stereocenters. The van der Waals surface area contributed by atoms with Crippen LogP contribution in [0.2, 0.25) is 5.02 Å². The highest BCUT2D eigenvalue weighted by molar-refractivity contribution is 8.00. The Morgan fingerprint density at radius 3 is 2.46 bits per heavy atom. The van der Waals surface area contributed by atoms with E-state index < -0.39 is 46.3 Å². The summed E-state index contributed by atoms with van der Waals surface area (Å²) in [4.78, 5) is 86.2. The number of likely N-dealkylation sites (tertiary alicyclic amines) is 2. The molecule has 2 aliphatic heterocycles.